The lowest BCUT2D eigenvalue weighted by Gasteiger charge is -2.47. The van der Waals surface area contributed by atoms with Crippen molar-refractivity contribution in [3.63, 3.8) is 0 Å². The Kier molecular flexibility index (Phi) is 4.29. The van der Waals surface area contributed by atoms with E-state index < -0.39 is 12.0 Å². The molecule has 1 amide bonds. The minimum Gasteiger partial charge on any atom is -0.480 e. The van der Waals surface area contributed by atoms with Crippen molar-refractivity contribution >= 4 is 23.2 Å². The van der Waals surface area contributed by atoms with Crippen LogP contribution in [-0.4, -0.2) is 34.0 Å². The molecule has 2 heterocycles. The number of hydrogen-bond donors (Lipinski definition) is 1. The maximum atomic E-state index is 12.7. The fourth-order valence-corrected chi connectivity index (χ4v) is 4.56. The highest BCUT2D eigenvalue weighted by Gasteiger charge is 2.43. The van der Waals surface area contributed by atoms with Crippen LogP contribution in [0, 0.1) is 5.92 Å². The molecule has 0 unspecified atom stereocenters. The summed E-state index contributed by atoms with van der Waals surface area (Å²) in [4.78, 5) is 26.0. The maximum absolute atomic E-state index is 12.7. The van der Waals surface area contributed by atoms with Gasteiger partial charge in [-0.15, -0.1) is 0 Å². The predicted octanol–water partition coefficient (Wildman–Crippen LogP) is 2.93. The Hall–Kier alpha value is -1.36. The topological polar surface area (TPSA) is 57.6 Å². The molecule has 2 fully saturated rings. The first-order valence-corrected chi connectivity index (χ1v) is 8.66. The summed E-state index contributed by atoms with van der Waals surface area (Å²) in [6, 6.07) is 1.45. The van der Waals surface area contributed by atoms with Crippen LogP contribution in [0.1, 0.15) is 44.1 Å². The fraction of sp³-hybridized carbons (Fsp3) is 0.625. The number of piperidine rings is 1. The van der Waals surface area contributed by atoms with E-state index in [2.05, 4.69) is 0 Å². The molecule has 1 aliphatic heterocycles. The van der Waals surface area contributed by atoms with Crippen LogP contribution in [0.3, 0.4) is 0 Å². The van der Waals surface area contributed by atoms with Crippen molar-refractivity contribution in [1.82, 2.24) is 4.90 Å². The summed E-state index contributed by atoms with van der Waals surface area (Å²) in [7, 11) is 0. The molecule has 4 nitrogen and oxygen atoms in total. The van der Waals surface area contributed by atoms with E-state index in [0.717, 1.165) is 31.2 Å². The SMILES string of the molecule is O=C(O)[C@@H]1CC[C@H]2CCCC[C@H]2N1C(=O)Cc1ccsc1. The van der Waals surface area contributed by atoms with Crippen molar-refractivity contribution in [2.75, 3.05) is 0 Å². The molecule has 3 rings (SSSR count). The molecule has 0 aromatic carbocycles. The summed E-state index contributed by atoms with van der Waals surface area (Å²) >= 11 is 1.57. The zero-order valence-corrected chi connectivity index (χ0v) is 12.8. The van der Waals surface area contributed by atoms with Crippen LogP contribution in [0.2, 0.25) is 0 Å². The lowest BCUT2D eigenvalue weighted by molar-refractivity contribution is -0.157. The predicted molar refractivity (Wildman–Crippen MR) is 81.3 cm³/mol. The molecule has 1 N–H and O–H groups in total. The van der Waals surface area contributed by atoms with Crippen molar-refractivity contribution in [2.45, 2.75) is 57.0 Å². The highest BCUT2D eigenvalue weighted by molar-refractivity contribution is 7.08. The van der Waals surface area contributed by atoms with Gasteiger partial charge in [-0.3, -0.25) is 4.79 Å². The van der Waals surface area contributed by atoms with E-state index in [0.29, 0.717) is 18.8 Å². The average molecular weight is 307 g/mol. The Morgan fingerprint density at radius 2 is 2.05 bits per heavy atom. The van der Waals surface area contributed by atoms with Crippen molar-refractivity contribution in [3.05, 3.63) is 22.4 Å². The number of carbonyl (C=O) groups is 2. The first-order chi connectivity index (χ1) is 10.2. The highest BCUT2D eigenvalue weighted by atomic mass is 32.1. The average Bonchev–Trinajstić information content (AvgIpc) is 2.98. The van der Waals surface area contributed by atoms with E-state index >= 15 is 0 Å². The van der Waals surface area contributed by atoms with Crippen LogP contribution in [-0.2, 0) is 16.0 Å². The molecule has 0 radical (unpaired) electrons. The van der Waals surface area contributed by atoms with Gasteiger partial charge in [0.1, 0.15) is 6.04 Å². The summed E-state index contributed by atoms with van der Waals surface area (Å²) < 4.78 is 0. The third-order valence-corrected chi connectivity index (χ3v) is 5.61. The van der Waals surface area contributed by atoms with Gasteiger partial charge in [-0.1, -0.05) is 12.8 Å². The van der Waals surface area contributed by atoms with Crippen molar-refractivity contribution < 1.29 is 14.7 Å². The van der Waals surface area contributed by atoms with Gasteiger partial charge in [0, 0.05) is 6.04 Å². The number of hydrogen-bond acceptors (Lipinski definition) is 3. The van der Waals surface area contributed by atoms with Crippen LogP contribution in [0.15, 0.2) is 16.8 Å². The summed E-state index contributed by atoms with van der Waals surface area (Å²) in [6.45, 7) is 0. The number of fused-ring (bicyclic) bond motifs is 1. The van der Waals surface area contributed by atoms with Crippen LogP contribution in [0.4, 0.5) is 0 Å². The second-order valence-electron chi connectivity index (χ2n) is 6.15. The number of carbonyl (C=O) groups excluding carboxylic acids is 1. The smallest absolute Gasteiger partial charge is 0.326 e. The van der Waals surface area contributed by atoms with Gasteiger partial charge >= 0.3 is 5.97 Å². The molecule has 1 saturated heterocycles. The molecule has 114 valence electrons. The normalized spacial score (nSPS) is 29.0. The number of thiophene rings is 1. The van der Waals surface area contributed by atoms with Gasteiger partial charge in [0.2, 0.25) is 5.91 Å². The van der Waals surface area contributed by atoms with Gasteiger partial charge < -0.3 is 10.0 Å². The van der Waals surface area contributed by atoms with Gasteiger partial charge in [-0.2, -0.15) is 11.3 Å². The largest absolute Gasteiger partial charge is 0.480 e. The molecule has 2 aliphatic rings. The van der Waals surface area contributed by atoms with Crippen LogP contribution in [0.5, 0.6) is 0 Å². The minimum absolute atomic E-state index is 0.0163. The van der Waals surface area contributed by atoms with Gasteiger partial charge in [0.05, 0.1) is 6.42 Å². The van der Waals surface area contributed by atoms with Gasteiger partial charge in [0.15, 0.2) is 0 Å². The van der Waals surface area contributed by atoms with Crippen molar-refractivity contribution in [1.29, 1.82) is 0 Å². The summed E-state index contributed by atoms with van der Waals surface area (Å²) in [5, 5.41) is 13.4. The number of rotatable bonds is 3. The lowest BCUT2D eigenvalue weighted by atomic mass is 9.76. The van der Waals surface area contributed by atoms with E-state index in [1.165, 1.54) is 6.42 Å². The van der Waals surface area contributed by atoms with Crippen LogP contribution >= 0.6 is 11.3 Å². The monoisotopic (exact) mass is 307 g/mol. The molecule has 0 bridgehead atoms. The van der Waals surface area contributed by atoms with E-state index in [9.17, 15) is 14.7 Å². The lowest BCUT2D eigenvalue weighted by Crippen LogP contribution is -2.57. The van der Waals surface area contributed by atoms with Gasteiger partial charge in [0.25, 0.3) is 0 Å². The third kappa shape index (κ3) is 2.98. The minimum atomic E-state index is -0.849. The standard InChI is InChI=1S/C16H21NO3S/c18-15(9-11-7-8-21-10-11)17-13-4-2-1-3-12(13)5-6-14(17)16(19)20/h7-8,10,12-14H,1-6,9H2,(H,19,20)/t12-,13-,14+/m1/s1. The molecule has 1 aliphatic carbocycles. The molecule has 1 aromatic rings. The summed E-state index contributed by atoms with van der Waals surface area (Å²) in [6.07, 6.45) is 6.30. The molecule has 3 atom stereocenters. The molecule has 1 saturated carbocycles. The van der Waals surface area contributed by atoms with E-state index in [4.69, 9.17) is 0 Å². The van der Waals surface area contributed by atoms with E-state index in [1.54, 1.807) is 16.2 Å². The second-order valence-corrected chi connectivity index (χ2v) is 6.93. The van der Waals surface area contributed by atoms with E-state index in [-0.39, 0.29) is 11.9 Å². The zero-order valence-electron chi connectivity index (χ0n) is 12.0. The summed E-state index contributed by atoms with van der Waals surface area (Å²) in [5.41, 5.74) is 0.993. The highest BCUT2D eigenvalue weighted by Crippen LogP contribution is 2.38. The number of carboxylic acids is 1. The quantitative estimate of drug-likeness (QED) is 0.934. The molecular formula is C16H21NO3S. The first kappa shape index (κ1) is 14.6. The van der Waals surface area contributed by atoms with Crippen LogP contribution < -0.4 is 0 Å². The maximum Gasteiger partial charge on any atom is 0.326 e. The molecule has 5 heteroatoms. The van der Waals surface area contributed by atoms with Gasteiger partial charge in [-0.25, -0.2) is 4.79 Å². The van der Waals surface area contributed by atoms with Crippen LogP contribution in [0.25, 0.3) is 0 Å². The fourth-order valence-electron chi connectivity index (χ4n) is 3.89. The number of likely N-dealkylation sites (tertiary alicyclic amines) is 1. The van der Waals surface area contributed by atoms with E-state index in [1.807, 2.05) is 16.8 Å². The first-order valence-electron chi connectivity index (χ1n) is 7.72. The Morgan fingerprint density at radius 3 is 2.76 bits per heavy atom. The molecule has 0 spiro atoms. The van der Waals surface area contributed by atoms with Gasteiger partial charge in [-0.05, 0) is 54.0 Å². The molecular weight excluding hydrogens is 286 g/mol. The Morgan fingerprint density at radius 1 is 1.24 bits per heavy atom. The Bertz CT molecular complexity index is 514. The van der Waals surface area contributed by atoms with Crippen molar-refractivity contribution in [2.24, 2.45) is 5.92 Å². The number of aliphatic carboxylic acids is 1. The molecule has 1 aromatic heterocycles. The Balaban J connectivity index is 1.81. The zero-order chi connectivity index (χ0) is 14.8. The van der Waals surface area contributed by atoms with Crippen molar-refractivity contribution in [3.8, 4) is 0 Å². The second kappa shape index (κ2) is 6.18. The third-order valence-electron chi connectivity index (χ3n) is 4.88. The number of carboxylic acid groups (broad SMARTS) is 1. The Labute approximate surface area is 128 Å². The number of nitrogens with zero attached hydrogens (tertiary/aromatic N) is 1. The number of amides is 1. The molecule has 21 heavy (non-hydrogen) atoms. The summed E-state index contributed by atoms with van der Waals surface area (Å²) in [5.74, 6) is -0.365.